The molecule has 2 heterocycles. The molecule has 2 aromatic heterocycles. The lowest BCUT2D eigenvalue weighted by Gasteiger charge is -2.15. The Labute approximate surface area is 149 Å². The minimum atomic E-state index is -0.348. The van der Waals surface area contributed by atoms with Crippen LogP contribution in [0.4, 0.5) is 4.39 Å². The first kappa shape index (κ1) is 16.2. The second-order valence-electron chi connectivity index (χ2n) is 6.37. The maximum atomic E-state index is 13.3. The summed E-state index contributed by atoms with van der Waals surface area (Å²) in [6.45, 7) is 3.94. The van der Waals surface area contributed by atoms with Crippen molar-refractivity contribution in [2.24, 2.45) is 0 Å². The van der Waals surface area contributed by atoms with Crippen LogP contribution in [0.5, 0.6) is 0 Å². The summed E-state index contributed by atoms with van der Waals surface area (Å²) in [4.78, 5) is 17.9. The van der Waals surface area contributed by atoms with Crippen LogP contribution in [0, 0.1) is 5.82 Å². The molecular formula is C20H17FN4O. The van der Waals surface area contributed by atoms with Crippen molar-refractivity contribution >= 4 is 11.0 Å². The van der Waals surface area contributed by atoms with E-state index in [4.69, 9.17) is 4.98 Å². The molecule has 0 atom stereocenters. The first-order valence-corrected chi connectivity index (χ1v) is 8.38. The van der Waals surface area contributed by atoms with E-state index in [1.165, 1.54) is 22.9 Å². The predicted octanol–water partition coefficient (Wildman–Crippen LogP) is 3.83. The number of benzene rings is 2. The molecule has 0 aliphatic carbocycles. The summed E-state index contributed by atoms with van der Waals surface area (Å²) in [7, 11) is 0. The van der Waals surface area contributed by atoms with Crippen molar-refractivity contribution in [1.29, 1.82) is 0 Å². The Hall–Kier alpha value is -3.28. The first-order chi connectivity index (χ1) is 12.6. The number of para-hydroxylation sites is 1. The third-order valence-corrected chi connectivity index (χ3v) is 4.23. The molecular weight excluding hydrogens is 331 g/mol. The largest absolute Gasteiger partial charge is 0.269 e. The molecule has 0 unspecified atom stereocenters. The van der Waals surface area contributed by atoms with Gasteiger partial charge >= 0.3 is 0 Å². The molecule has 4 aromatic rings. The third kappa shape index (κ3) is 2.60. The fourth-order valence-corrected chi connectivity index (χ4v) is 2.97. The van der Waals surface area contributed by atoms with Gasteiger partial charge in [-0.25, -0.2) is 14.1 Å². The number of hydrogen-bond donors (Lipinski definition) is 0. The van der Waals surface area contributed by atoms with Gasteiger partial charge in [0, 0.05) is 5.92 Å². The highest BCUT2D eigenvalue weighted by molar-refractivity contribution is 5.76. The molecule has 5 nitrogen and oxygen atoms in total. The highest BCUT2D eigenvalue weighted by atomic mass is 19.1. The normalized spacial score (nSPS) is 11.4. The van der Waals surface area contributed by atoms with Gasteiger partial charge in [0.25, 0.3) is 5.56 Å². The molecule has 0 fully saturated rings. The fraction of sp³-hybridized carbons (Fsp3) is 0.150. The van der Waals surface area contributed by atoms with Crippen LogP contribution in [-0.2, 0) is 0 Å². The van der Waals surface area contributed by atoms with Gasteiger partial charge in [-0.05, 0) is 36.4 Å². The standard InChI is InChI=1S/C20H17FN4O/c1-13(2)18-23-19-17(12-22-25(19)16-6-4-3-5-7-16)20(26)24(18)15-10-8-14(21)9-11-15/h3-13H,1-2H3. The lowest BCUT2D eigenvalue weighted by molar-refractivity contribution is 0.626. The van der Waals surface area contributed by atoms with Gasteiger partial charge < -0.3 is 0 Å². The highest BCUT2D eigenvalue weighted by Crippen LogP contribution is 2.20. The van der Waals surface area contributed by atoms with Crippen LogP contribution in [-0.4, -0.2) is 19.3 Å². The Morgan fingerprint density at radius 3 is 2.31 bits per heavy atom. The van der Waals surface area contributed by atoms with Gasteiger partial charge in [0.2, 0.25) is 0 Å². The molecule has 26 heavy (non-hydrogen) atoms. The second-order valence-corrected chi connectivity index (χ2v) is 6.37. The van der Waals surface area contributed by atoms with Gasteiger partial charge in [0.1, 0.15) is 17.0 Å². The van der Waals surface area contributed by atoms with Crippen LogP contribution in [0.1, 0.15) is 25.6 Å². The Bertz CT molecular complexity index is 1130. The summed E-state index contributed by atoms with van der Waals surface area (Å²) in [5.74, 6) is 0.252. The van der Waals surface area contributed by atoms with E-state index in [1.807, 2.05) is 44.2 Å². The van der Waals surface area contributed by atoms with Gasteiger partial charge in [-0.3, -0.25) is 9.36 Å². The topological polar surface area (TPSA) is 52.7 Å². The Balaban J connectivity index is 2.03. The molecule has 0 saturated heterocycles. The van der Waals surface area contributed by atoms with Crippen molar-refractivity contribution in [2.45, 2.75) is 19.8 Å². The summed E-state index contributed by atoms with van der Waals surface area (Å²) >= 11 is 0. The summed E-state index contributed by atoms with van der Waals surface area (Å²) in [6.07, 6.45) is 1.53. The monoisotopic (exact) mass is 348 g/mol. The van der Waals surface area contributed by atoms with E-state index in [-0.39, 0.29) is 17.3 Å². The maximum Gasteiger partial charge on any atom is 0.269 e. The van der Waals surface area contributed by atoms with E-state index in [0.717, 1.165) is 5.69 Å². The Morgan fingerprint density at radius 2 is 1.65 bits per heavy atom. The smallest absolute Gasteiger partial charge is 0.268 e. The van der Waals surface area contributed by atoms with Crippen molar-refractivity contribution in [2.75, 3.05) is 0 Å². The van der Waals surface area contributed by atoms with Gasteiger partial charge in [0.15, 0.2) is 5.65 Å². The number of halogens is 1. The van der Waals surface area contributed by atoms with Crippen LogP contribution in [0.2, 0.25) is 0 Å². The molecule has 0 radical (unpaired) electrons. The van der Waals surface area contributed by atoms with Gasteiger partial charge in [-0.15, -0.1) is 0 Å². The molecule has 0 N–H and O–H groups in total. The second kappa shape index (κ2) is 6.22. The molecule has 130 valence electrons. The average Bonchev–Trinajstić information content (AvgIpc) is 3.07. The number of nitrogens with zero attached hydrogens (tertiary/aromatic N) is 4. The molecule has 0 amide bonds. The molecule has 0 saturated carbocycles. The molecule has 6 heteroatoms. The first-order valence-electron chi connectivity index (χ1n) is 8.38. The predicted molar refractivity (Wildman–Crippen MR) is 98.5 cm³/mol. The molecule has 2 aromatic carbocycles. The van der Waals surface area contributed by atoms with Crippen molar-refractivity contribution in [3.05, 3.63) is 82.8 Å². The minimum absolute atomic E-state index is 0.00345. The van der Waals surface area contributed by atoms with Gasteiger partial charge in [-0.1, -0.05) is 32.0 Å². The number of fused-ring (bicyclic) bond motifs is 1. The SMILES string of the molecule is CC(C)c1nc2c(cnn2-c2ccccc2)c(=O)n1-c1ccc(F)cc1. The summed E-state index contributed by atoms with van der Waals surface area (Å²) in [5.41, 5.74) is 1.72. The third-order valence-electron chi connectivity index (χ3n) is 4.23. The molecule has 0 aliphatic heterocycles. The van der Waals surface area contributed by atoms with E-state index in [2.05, 4.69) is 5.10 Å². The van der Waals surface area contributed by atoms with Crippen molar-refractivity contribution in [3.8, 4) is 11.4 Å². The minimum Gasteiger partial charge on any atom is -0.268 e. The van der Waals surface area contributed by atoms with E-state index >= 15 is 0 Å². The summed E-state index contributed by atoms with van der Waals surface area (Å²) < 4.78 is 16.5. The van der Waals surface area contributed by atoms with Crippen LogP contribution < -0.4 is 5.56 Å². The molecule has 0 spiro atoms. The van der Waals surface area contributed by atoms with Crippen LogP contribution in [0.3, 0.4) is 0 Å². The lowest BCUT2D eigenvalue weighted by Crippen LogP contribution is -2.24. The van der Waals surface area contributed by atoms with Crippen LogP contribution >= 0.6 is 0 Å². The molecule has 0 bridgehead atoms. The van der Waals surface area contributed by atoms with Crippen molar-refractivity contribution in [1.82, 2.24) is 19.3 Å². The Morgan fingerprint density at radius 1 is 0.962 bits per heavy atom. The highest BCUT2D eigenvalue weighted by Gasteiger charge is 2.19. The van der Waals surface area contributed by atoms with Crippen LogP contribution in [0.15, 0.2) is 65.6 Å². The summed E-state index contributed by atoms with van der Waals surface area (Å²) in [5, 5.41) is 4.78. The number of rotatable bonds is 3. The quantitative estimate of drug-likeness (QED) is 0.565. The van der Waals surface area contributed by atoms with Gasteiger partial charge in [-0.2, -0.15) is 5.10 Å². The summed E-state index contributed by atoms with van der Waals surface area (Å²) in [6, 6.07) is 15.4. The number of aromatic nitrogens is 4. The van der Waals surface area contributed by atoms with E-state index in [0.29, 0.717) is 22.5 Å². The van der Waals surface area contributed by atoms with Crippen molar-refractivity contribution < 1.29 is 4.39 Å². The lowest BCUT2D eigenvalue weighted by atomic mass is 10.2. The maximum absolute atomic E-state index is 13.3. The molecule has 4 rings (SSSR count). The van der Waals surface area contributed by atoms with E-state index in [9.17, 15) is 9.18 Å². The fourth-order valence-electron chi connectivity index (χ4n) is 2.97. The zero-order valence-electron chi connectivity index (χ0n) is 14.4. The average molecular weight is 348 g/mol. The number of hydrogen-bond acceptors (Lipinski definition) is 3. The van der Waals surface area contributed by atoms with Crippen LogP contribution in [0.25, 0.3) is 22.4 Å². The molecule has 0 aliphatic rings. The zero-order valence-corrected chi connectivity index (χ0v) is 14.4. The zero-order chi connectivity index (χ0) is 18.3. The van der Waals surface area contributed by atoms with Crippen molar-refractivity contribution in [3.63, 3.8) is 0 Å². The van der Waals surface area contributed by atoms with Gasteiger partial charge in [0.05, 0.1) is 17.6 Å². The van der Waals surface area contributed by atoms with E-state index < -0.39 is 0 Å². The Kier molecular flexibility index (Phi) is 3.88. The van der Waals surface area contributed by atoms with E-state index in [1.54, 1.807) is 16.8 Å².